The predicted molar refractivity (Wildman–Crippen MR) is 110 cm³/mol. The number of rotatable bonds is 13. The van der Waals surface area contributed by atoms with Gasteiger partial charge >= 0.3 is 0 Å². The van der Waals surface area contributed by atoms with Crippen molar-refractivity contribution >= 4 is 7.26 Å². The molecule has 0 heterocycles. The van der Waals surface area contributed by atoms with E-state index < -0.39 is 7.26 Å². The van der Waals surface area contributed by atoms with Crippen LogP contribution in [0, 0.1) is 0 Å². The maximum absolute atomic E-state index is 2.45. The summed E-state index contributed by atoms with van der Waals surface area (Å²) in [7, 11) is -0.730. The zero-order chi connectivity index (χ0) is 17.0. The van der Waals surface area contributed by atoms with Gasteiger partial charge < -0.3 is 0 Å². The maximum Gasteiger partial charge on any atom is 0.0837 e. The summed E-state index contributed by atoms with van der Waals surface area (Å²) in [6.45, 7) is 9.64. The van der Waals surface area contributed by atoms with Gasteiger partial charge in [-0.1, -0.05) is 89.0 Å². The summed E-state index contributed by atoms with van der Waals surface area (Å²) in [6.07, 6.45) is 16.9. The molecule has 1 heteroatoms. The molecule has 1 rings (SSSR count). The van der Waals surface area contributed by atoms with E-state index in [2.05, 4.69) is 51.2 Å². The van der Waals surface area contributed by atoms with Crippen molar-refractivity contribution in [3.8, 4) is 0 Å². The summed E-state index contributed by atoms with van der Waals surface area (Å²) in [4.78, 5) is 0. The summed E-state index contributed by atoms with van der Waals surface area (Å²) in [5.74, 6) is 0. The van der Waals surface area contributed by atoms with Crippen molar-refractivity contribution in [3.05, 3.63) is 35.4 Å². The molecule has 23 heavy (non-hydrogen) atoms. The molecule has 0 spiro atoms. The molecule has 0 amide bonds. The first-order valence-electron chi connectivity index (χ1n) is 9.90. The lowest BCUT2D eigenvalue weighted by molar-refractivity contribution is 0.556. The van der Waals surface area contributed by atoms with Gasteiger partial charge in [-0.05, 0) is 24.0 Å². The predicted octanol–water partition coefficient (Wildman–Crippen LogP) is 7.56. The van der Waals surface area contributed by atoms with Gasteiger partial charge in [0.1, 0.15) is 0 Å². The molecule has 0 atom stereocenters. The van der Waals surface area contributed by atoms with Crippen molar-refractivity contribution < 1.29 is 0 Å². The fraction of sp³-hybridized carbons (Fsp3) is 0.727. The second-order valence-electron chi connectivity index (χ2n) is 8.15. The molecule has 0 N–H and O–H groups in total. The van der Waals surface area contributed by atoms with Crippen LogP contribution >= 0.6 is 7.26 Å². The van der Waals surface area contributed by atoms with Gasteiger partial charge in [0.2, 0.25) is 0 Å². The highest BCUT2D eigenvalue weighted by atomic mass is 31.2. The second kappa shape index (κ2) is 12.1. The molecule has 0 saturated heterocycles. The standard InChI is InChI=1S/C22H40P/c1-5-6-7-8-9-10-11-12-13-14-17-21-18-15-16-19-22(21)20-23(2,3)4/h15-16,18-19H,5-14,17,20H2,1-4H3/q+1. The van der Waals surface area contributed by atoms with Gasteiger partial charge in [-0.15, -0.1) is 0 Å². The van der Waals surface area contributed by atoms with E-state index in [1.54, 1.807) is 11.1 Å². The van der Waals surface area contributed by atoms with E-state index in [9.17, 15) is 0 Å². The van der Waals surface area contributed by atoms with Crippen LogP contribution in [0.25, 0.3) is 0 Å². The average Bonchev–Trinajstić information content (AvgIpc) is 2.49. The Morgan fingerprint density at radius 1 is 0.652 bits per heavy atom. The SMILES string of the molecule is CCCCCCCCCCCCc1ccccc1C[P+](C)(C)C. The third-order valence-corrected chi connectivity index (χ3v) is 5.85. The quantitative estimate of drug-likeness (QED) is 0.258. The van der Waals surface area contributed by atoms with Gasteiger partial charge in [0.15, 0.2) is 0 Å². The van der Waals surface area contributed by atoms with Crippen molar-refractivity contribution in [2.45, 2.75) is 83.7 Å². The van der Waals surface area contributed by atoms with E-state index in [0.717, 1.165) is 0 Å². The Hall–Kier alpha value is -0.350. The molecule has 0 aromatic heterocycles. The van der Waals surface area contributed by atoms with Gasteiger partial charge in [0.25, 0.3) is 0 Å². The van der Waals surface area contributed by atoms with Crippen LogP contribution in [0.2, 0.25) is 0 Å². The number of hydrogen-bond donors (Lipinski definition) is 0. The van der Waals surface area contributed by atoms with Crippen LogP contribution in [0.4, 0.5) is 0 Å². The Balaban J connectivity index is 2.14. The smallest absolute Gasteiger partial charge is 0.0654 e. The van der Waals surface area contributed by atoms with Gasteiger partial charge in [-0.3, -0.25) is 0 Å². The Bertz CT molecular complexity index is 403. The molecule has 0 bridgehead atoms. The average molecular weight is 336 g/mol. The normalized spacial score (nSPS) is 11.8. The lowest BCUT2D eigenvalue weighted by Crippen LogP contribution is -1.98. The van der Waals surface area contributed by atoms with Gasteiger partial charge in [-0.25, -0.2) is 0 Å². The number of unbranched alkanes of at least 4 members (excludes halogenated alkanes) is 9. The monoisotopic (exact) mass is 335 g/mol. The highest BCUT2D eigenvalue weighted by Crippen LogP contribution is 2.50. The Morgan fingerprint density at radius 2 is 1.13 bits per heavy atom. The van der Waals surface area contributed by atoms with Crippen LogP contribution in [0.5, 0.6) is 0 Å². The molecule has 0 aliphatic heterocycles. The topological polar surface area (TPSA) is 0 Å². The van der Waals surface area contributed by atoms with Crippen LogP contribution in [-0.4, -0.2) is 20.0 Å². The zero-order valence-corrected chi connectivity index (χ0v) is 17.1. The molecule has 0 fully saturated rings. The van der Waals surface area contributed by atoms with E-state index in [0.29, 0.717) is 0 Å². The highest BCUT2D eigenvalue weighted by molar-refractivity contribution is 7.72. The third kappa shape index (κ3) is 10.9. The minimum atomic E-state index is -0.730. The molecule has 132 valence electrons. The van der Waals surface area contributed by atoms with Crippen LogP contribution in [0.15, 0.2) is 24.3 Å². The molecule has 1 aromatic rings. The number of aryl methyl sites for hydroxylation is 1. The summed E-state index contributed by atoms with van der Waals surface area (Å²) in [5, 5.41) is 0. The largest absolute Gasteiger partial charge is 0.0837 e. The molecule has 0 saturated carbocycles. The van der Waals surface area contributed by atoms with Crippen LogP contribution < -0.4 is 0 Å². The first-order valence-corrected chi connectivity index (χ1v) is 13.2. The van der Waals surface area contributed by atoms with Crippen molar-refractivity contribution in [1.82, 2.24) is 0 Å². The molecule has 0 aliphatic carbocycles. The number of hydrogen-bond acceptors (Lipinski definition) is 0. The van der Waals surface area contributed by atoms with Crippen molar-refractivity contribution in [3.63, 3.8) is 0 Å². The molecule has 0 aliphatic rings. The van der Waals surface area contributed by atoms with Crippen LogP contribution in [-0.2, 0) is 12.6 Å². The summed E-state index contributed by atoms with van der Waals surface area (Å²) >= 11 is 0. The minimum Gasteiger partial charge on any atom is -0.0654 e. The summed E-state index contributed by atoms with van der Waals surface area (Å²) < 4.78 is 0. The van der Waals surface area contributed by atoms with E-state index in [1.807, 2.05) is 0 Å². The third-order valence-electron chi connectivity index (χ3n) is 4.56. The molecular weight excluding hydrogens is 295 g/mol. The lowest BCUT2D eigenvalue weighted by Gasteiger charge is -2.15. The lowest BCUT2D eigenvalue weighted by atomic mass is 10.0. The van der Waals surface area contributed by atoms with Crippen LogP contribution in [0.3, 0.4) is 0 Å². The van der Waals surface area contributed by atoms with Gasteiger partial charge in [0, 0.05) is 27.3 Å². The first-order chi connectivity index (χ1) is 11.0. The Kier molecular flexibility index (Phi) is 10.9. The summed E-state index contributed by atoms with van der Waals surface area (Å²) in [5.41, 5.74) is 3.23. The molecule has 0 unspecified atom stereocenters. The fourth-order valence-corrected chi connectivity index (χ4v) is 4.60. The molecule has 0 nitrogen and oxygen atoms in total. The number of benzene rings is 1. The zero-order valence-electron chi connectivity index (χ0n) is 16.2. The van der Waals surface area contributed by atoms with E-state index >= 15 is 0 Å². The molecular formula is C22H40P+. The molecule has 0 radical (unpaired) electrons. The van der Waals surface area contributed by atoms with Crippen molar-refractivity contribution in [2.24, 2.45) is 0 Å². The fourth-order valence-electron chi connectivity index (χ4n) is 3.27. The van der Waals surface area contributed by atoms with Gasteiger partial charge in [-0.2, -0.15) is 0 Å². The summed E-state index contributed by atoms with van der Waals surface area (Å²) in [6, 6.07) is 9.15. The van der Waals surface area contributed by atoms with E-state index in [4.69, 9.17) is 0 Å². The van der Waals surface area contributed by atoms with Crippen molar-refractivity contribution in [2.75, 3.05) is 20.0 Å². The van der Waals surface area contributed by atoms with Gasteiger partial charge in [0.05, 0.1) is 6.16 Å². The Labute approximate surface area is 146 Å². The second-order valence-corrected chi connectivity index (χ2v) is 13.0. The highest BCUT2D eigenvalue weighted by Gasteiger charge is 2.19. The minimum absolute atomic E-state index is 0.730. The van der Waals surface area contributed by atoms with Crippen molar-refractivity contribution in [1.29, 1.82) is 0 Å². The molecule has 1 aromatic carbocycles. The maximum atomic E-state index is 2.45. The first kappa shape index (κ1) is 20.7. The van der Waals surface area contributed by atoms with E-state index in [-0.39, 0.29) is 0 Å². The van der Waals surface area contributed by atoms with Crippen LogP contribution in [0.1, 0.15) is 82.3 Å². The van der Waals surface area contributed by atoms with E-state index in [1.165, 1.54) is 76.8 Å². The Morgan fingerprint density at radius 3 is 1.65 bits per heavy atom.